The molecule has 0 aliphatic heterocycles. The summed E-state index contributed by atoms with van der Waals surface area (Å²) in [6.45, 7) is 0. The molecule has 0 unspecified atom stereocenters. The summed E-state index contributed by atoms with van der Waals surface area (Å²) in [5, 5.41) is 8.11. The van der Waals surface area contributed by atoms with Crippen molar-refractivity contribution in [2.75, 3.05) is 0 Å². The van der Waals surface area contributed by atoms with E-state index < -0.39 is 0 Å². The van der Waals surface area contributed by atoms with E-state index in [0.29, 0.717) is 0 Å². The Hall–Kier alpha value is -5.46. The van der Waals surface area contributed by atoms with Gasteiger partial charge in [-0.25, -0.2) is 0 Å². The fourth-order valence-corrected chi connectivity index (χ4v) is 12.3. The van der Waals surface area contributed by atoms with Gasteiger partial charge >= 0.3 is 0 Å². The molecule has 248 valence electrons. The van der Waals surface area contributed by atoms with Crippen LogP contribution in [0.15, 0.2) is 158 Å². The Kier molecular flexibility index (Phi) is 6.04. The molecule has 13 rings (SSSR count). The van der Waals surface area contributed by atoms with Crippen LogP contribution in [0, 0.1) is 23.7 Å². The van der Waals surface area contributed by atoms with E-state index >= 15 is 0 Å². The first-order valence-electron chi connectivity index (χ1n) is 19.5. The van der Waals surface area contributed by atoms with E-state index in [1.807, 2.05) is 0 Å². The summed E-state index contributed by atoms with van der Waals surface area (Å²) in [5.74, 6) is 3.31. The van der Waals surface area contributed by atoms with Crippen molar-refractivity contribution in [1.29, 1.82) is 0 Å². The lowest BCUT2D eigenvalue weighted by molar-refractivity contribution is -0.0399. The van der Waals surface area contributed by atoms with Crippen molar-refractivity contribution in [3.63, 3.8) is 0 Å². The molecule has 0 radical (unpaired) electrons. The maximum Gasteiger partial charge on any atom is 0.0272 e. The van der Waals surface area contributed by atoms with Crippen LogP contribution in [0.4, 0.5) is 0 Å². The summed E-state index contributed by atoms with van der Waals surface area (Å²) in [6, 6.07) is 60.1. The lowest BCUT2D eigenvalue weighted by atomic mass is 9.43. The van der Waals surface area contributed by atoms with Crippen molar-refractivity contribution in [2.45, 2.75) is 37.5 Å². The quantitative estimate of drug-likeness (QED) is 0.165. The molecule has 1 spiro atoms. The molecule has 0 saturated heterocycles. The van der Waals surface area contributed by atoms with Crippen LogP contribution in [0.5, 0.6) is 0 Å². The van der Waals surface area contributed by atoms with E-state index in [1.165, 1.54) is 109 Å². The minimum absolute atomic E-state index is 0.115. The van der Waals surface area contributed by atoms with Crippen LogP contribution in [-0.4, -0.2) is 0 Å². The van der Waals surface area contributed by atoms with Gasteiger partial charge in [-0.05, 0) is 150 Å². The summed E-state index contributed by atoms with van der Waals surface area (Å²) in [5.41, 5.74) is 14.2. The van der Waals surface area contributed by atoms with Crippen molar-refractivity contribution in [2.24, 2.45) is 23.7 Å². The van der Waals surface area contributed by atoms with Gasteiger partial charge in [0.15, 0.2) is 0 Å². The van der Waals surface area contributed by atoms with E-state index in [9.17, 15) is 0 Å². The molecule has 52 heavy (non-hydrogen) atoms. The van der Waals surface area contributed by atoms with Gasteiger partial charge in [0.1, 0.15) is 0 Å². The molecule has 0 nitrogen and oxygen atoms in total. The third-order valence-electron chi connectivity index (χ3n) is 14.0. The Balaban J connectivity index is 1.10. The van der Waals surface area contributed by atoms with Crippen molar-refractivity contribution in [3.05, 3.63) is 169 Å². The standard InChI is InChI=1S/C52H40/c1-2-10-34(11-3-1)35-18-20-37(21-19-35)49-42-14-6-8-16-44(42)50(45-17-9-7-15-43(45)49)38-22-24-46-48(31-38)52(39-27-32-26-33(29-39)30-40(52)28-32)47-25-23-36-12-4-5-13-41(36)51(46)47/h1-25,31-33,39-40H,26-30H2. The summed E-state index contributed by atoms with van der Waals surface area (Å²) in [7, 11) is 0. The number of hydrogen-bond donors (Lipinski definition) is 0. The molecule has 0 amide bonds. The van der Waals surface area contributed by atoms with Gasteiger partial charge in [0.2, 0.25) is 0 Å². The summed E-state index contributed by atoms with van der Waals surface area (Å²) in [4.78, 5) is 0. The van der Waals surface area contributed by atoms with E-state index in [0.717, 1.165) is 23.7 Å². The van der Waals surface area contributed by atoms with Gasteiger partial charge < -0.3 is 0 Å². The molecule has 0 heterocycles. The highest BCUT2D eigenvalue weighted by molar-refractivity contribution is 6.21. The molecular formula is C52H40. The lowest BCUT2D eigenvalue weighted by Gasteiger charge is -2.61. The highest BCUT2D eigenvalue weighted by atomic mass is 14.6. The maximum absolute atomic E-state index is 2.69. The number of fused-ring (bicyclic) bond motifs is 7. The molecule has 8 aromatic carbocycles. The van der Waals surface area contributed by atoms with Crippen LogP contribution < -0.4 is 0 Å². The molecule has 4 bridgehead atoms. The molecule has 5 aliphatic carbocycles. The van der Waals surface area contributed by atoms with Crippen molar-refractivity contribution in [1.82, 2.24) is 0 Å². The number of rotatable bonds is 3. The highest BCUT2D eigenvalue weighted by Gasteiger charge is 2.61. The fourth-order valence-electron chi connectivity index (χ4n) is 12.3. The monoisotopic (exact) mass is 664 g/mol. The van der Waals surface area contributed by atoms with Crippen molar-refractivity contribution in [3.8, 4) is 44.5 Å². The Morgan fingerprint density at radius 3 is 1.48 bits per heavy atom. The predicted octanol–water partition coefficient (Wildman–Crippen LogP) is 13.9. The second-order valence-corrected chi connectivity index (χ2v) is 16.4. The Morgan fingerprint density at radius 2 is 0.846 bits per heavy atom. The first-order valence-corrected chi connectivity index (χ1v) is 19.5. The number of hydrogen-bond acceptors (Lipinski definition) is 0. The zero-order valence-electron chi connectivity index (χ0n) is 29.4. The van der Waals surface area contributed by atoms with Crippen LogP contribution in [-0.2, 0) is 5.41 Å². The Labute approximate surface area is 305 Å². The first kappa shape index (κ1) is 29.2. The molecular weight excluding hydrogens is 625 g/mol. The van der Waals surface area contributed by atoms with Gasteiger partial charge in [0.05, 0.1) is 0 Å². The topological polar surface area (TPSA) is 0 Å². The van der Waals surface area contributed by atoms with E-state index in [4.69, 9.17) is 0 Å². The molecule has 0 aromatic heterocycles. The maximum atomic E-state index is 2.69. The average Bonchev–Trinajstić information content (AvgIpc) is 3.49. The van der Waals surface area contributed by atoms with Gasteiger partial charge in [0, 0.05) is 5.41 Å². The second-order valence-electron chi connectivity index (χ2n) is 16.4. The molecule has 0 heteroatoms. The highest BCUT2D eigenvalue weighted by Crippen LogP contribution is 2.70. The minimum atomic E-state index is 0.115. The first-order chi connectivity index (χ1) is 25.8. The zero-order chi connectivity index (χ0) is 34.0. The van der Waals surface area contributed by atoms with Crippen LogP contribution in [0.25, 0.3) is 76.8 Å². The summed E-state index contributed by atoms with van der Waals surface area (Å²) in [6.07, 6.45) is 7.05. The molecule has 5 aliphatic rings. The largest absolute Gasteiger partial charge is 0.0622 e. The van der Waals surface area contributed by atoms with Crippen LogP contribution in [0.2, 0.25) is 0 Å². The average molecular weight is 665 g/mol. The third kappa shape index (κ3) is 3.88. The van der Waals surface area contributed by atoms with Crippen LogP contribution in [0.3, 0.4) is 0 Å². The number of benzene rings is 8. The summed E-state index contributed by atoms with van der Waals surface area (Å²) < 4.78 is 0. The van der Waals surface area contributed by atoms with Gasteiger partial charge in [-0.2, -0.15) is 0 Å². The smallest absolute Gasteiger partial charge is 0.0272 e. The van der Waals surface area contributed by atoms with Gasteiger partial charge in [0.25, 0.3) is 0 Å². The molecule has 0 atom stereocenters. The third-order valence-corrected chi connectivity index (χ3v) is 14.0. The summed E-state index contributed by atoms with van der Waals surface area (Å²) >= 11 is 0. The Morgan fingerprint density at radius 1 is 0.346 bits per heavy atom. The van der Waals surface area contributed by atoms with Crippen molar-refractivity contribution >= 4 is 32.3 Å². The Bertz CT molecular complexity index is 2650. The van der Waals surface area contributed by atoms with Gasteiger partial charge in [-0.1, -0.05) is 152 Å². The second kappa shape index (κ2) is 10.8. The lowest BCUT2D eigenvalue weighted by Crippen LogP contribution is -2.55. The van der Waals surface area contributed by atoms with Crippen LogP contribution in [0.1, 0.15) is 43.2 Å². The van der Waals surface area contributed by atoms with E-state index in [-0.39, 0.29) is 5.41 Å². The molecule has 0 N–H and O–H groups in total. The van der Waals surface area contributed by atoms with E-state index in [1.54, 1.807) is 11.1 Å². The van der Waals surface area contributed by atoms with Gasteiger partial charge in [-0.15, -0.1) is 0 Å². The van der Waals surface area contributed by atoms with Gasteiger partial charge in [-0.3, -0.25) is 0 Å². The van der Waals surface area contributed by atoms with E-state index in [2.05, 4.69) is 158 Å². The van der Waals surface area contributed by atoms with Crippen molar-refractivity contribution < 1.29 is 0 Å². The molecule has 4 saturated carbocycles. The molecule has 4 fully saturated rings. The zero-order valence-corrected chi connectivity index (χ0v) is 29.4. The molecule has 8 aromatic rings. The normalized spacial score (nSPS) is 23.8. The predicted molar refractivity (Wildman–Crippen MR) is 219 cm³/mol. The minimum Gasteiger partial charge on any atom is -0.0622 e. The SMILES string of the molecule is c1ccc(-c2ccc(-c3c4ccccc4c(-c4ccc5c(c4)C4(c6ccc7ccccc7c6-5)C5CC6CC(C5)CC4C6)c4ccccc34)cc2)cc1. The van der Waals surface area contributed by atoms with Crippen LogP contribution >= 0.6 is 0 Å². The fraction of sp³-hybridized carbons (Fsp3) is 0.192.